The number of alkyl halides is 3. The number of aromatic nitrogens is 3. The quantitative estimate of drug-likeness (QED) is 0.0443. The highest BCUT2D eigenvalue weighted by atomic mass is 35.5. The molecule has 17 nitrogen and oxygen atoms in total. The van der Waals surface area contributed by atoms with Gasteiger partial charge in [-0.3, -0.25) is 28.4 Å². The highest BCUT2D eigenvalue weighted by Crippen LogP contribution is 2.38. The summed E-state index contributed by atoms with van der Waals surface area (Å²) < 4.78 is 35.4. The third kappa shape index (κ3) is 16.8. The van der Waals surface area contributed by atoms with Crippen molar-refractivity contribution in [1.82, 2.24) is 19.2 Å². The van der Waals surface area contributed by atoms with E-state index in [0.717, 1.165) is 48.3 Å². The van der Waals surface area contributed by atoms with Gasteiger partial charge in [-0.05, 0) is 82.7 Å². The molecule has 6 rings (SSSR count). The second-order valence-corrected chi connectivity index (χ2v) is 20.5. The van der Waals surface area contributed by atoms with E-state index in [1.54, 1.807) is 41.7 Å². The molecule has 4 aromatic rings. The molecule has 0 aliphatic carbocycles. The molecule has 0 spiro atoms. The molecule has 0 bridgehead atoms. The largest absolute Gasteiger partial charge is 0.480 e. The van der Waals surface area contributed by atoms with Gasteiger partial charge in [-0.15, -0.1) is 23.1 Å². The minimum atomic E-state index is -3.10. The summed E-state index contributed by atoms with van der Waals surface area (Å²) in [6.07, 6.45) is 10.1. The SMILES string of the molecule is C#CCOc1cc(-n2nc3n(c2=O)CCCC3)c(Cl)cc1Cl.CC1(C)OC(c2ccco2)CN1C(=O)C(Cl)Cl.CCOCN(C(=O)CCl)c1c(C)cccc1CC.CP(=O)(O)CCC(N)C(=O)O. The van der Waals surface area contributed by atoms with Crippen LogP contribution in [0, 0.1) is 19.3 Å². The first kappa shape index (κ1) is 58.3. The summed E-state index contributed by atoms with van der Waals surface area (Å²) in [6, 6.07) is 11.7. The highest BCUT2D eigenvalue weighted by Gasteiger charge is 2.45. The van der Waals surface area contributed by atoms with E-state index in [4.69, 9.17) is 98.8 Å². The van der Waals surface area contributed by atoms with Crippen molar-refractivity contribution < 1.29 is 47.6 Å². The van der Waals surface area contributed by atoms with E-state index in [2.05, 4.69) is 17.9 Å². The number of para-hydroxylation sites is 1. The lowest BCUT2D eigenvalue weighted by Crippen LogP contribution is -2.45. The number of halogens is 5. The van der Waals surface area contributed by atoms with Gasteiger partial charge in [0.1, 0.15) is 54.4 Å². The number of nitrogens with two attached hydrogens (primary N) is 1. The summed E-state index contributed by atoms with van der Waals surface area (Å²) in [6.45, 7) is 12.7. The van der Waals surface area contributed by atoms with E-state index in [0.29, 0.717) is 46.9 Å². The molecule has 1 saturated heterocycles. The number of carbonyl (C=O) groups excluding carboxylic acids is 2. The van der Waals surface area contributed by atoms with Gasteiger partial charge in [0, 0.05) is 38.5 Å². The molecule has 68 heavy (non-hydrogen) atoms. The summed E-state index contributed by atoms with van der Waals surface area (Å²) >= 11 is 29.2. The van der Waals surface area contributed by atoms with Crippen LogP contribution in [0.25, 0.3) is 5.69 Å². The van der Waals surface area contributed by atoms with Crippen LogP contribution >= 0.6 is 65.4 Å². The van der Waals surface area contributed by atoms with Crippen molar-refractivity contribution in [3.8, 4) is 23.8 Å². The Morgan fingerprint density at radius 2 is 1.84 bits per heavy atom. The van der Waals surface area contributed by atoms with Gasteiger partial charge in [0.05, 0.1) is 34.2 Å². The molecule has 3 unspecified atom stereocenters. The molecule has 0 saturated carbocycles. The van der Waals surface area contributed by atoms with Crippen molar-refractivity contribution in [3.05, 3.63) is 92.0 Å². The fourth-order valence-electron chi connectivity index (χ4n) is 6.81. The van der Waals surface area contributed by atoms with E-state index in [1.165, 1.54) is 22.3 Å². The molecule has 4 heterocycles. The van der Waals surface area contributed by atoms with Crippen LogP contribution in [0.15, 0.2) is 57.9 Å². The second-order valence-electron chi connectivity index (χ2n) is 15.8. The average Bonchev–Trinajstić information content (AvgIpc) is 4.03. The number of anilines is 1. The van der Waals surface area contributed by atoms with Crippen LogP contribution < -0.4 is 21.1 Å². The van der Waals surface area contributed by atoms with Crippen LogP contribution in [-0.4, -0.2) is 109 Å². The van der Waals surface area contributed by atoms with Crippen molar-refractivity contribution in [1.29, 1.82) is 0 Å². The fourth-order valence-corrected chi connectivity index (χ4v) is 8.46. The highest BCUT2D eigenvalue weighted by molar-refractivity contribution is 7.57. The van der Waals surface area contributed by atoms with Crippen LogP contribution in [0.5, 0.6) is 5.75 Å². The standard InChI is InChI=1S/C15H13Cl2N3O2.C14H20ClNO2.C11H13Cl2NO3.C5H12NO4P/c1-2-7-22-13-9-12(10(16)8-11(13)17)20-15(21)19-6-4-3-5-14(19)18-20;1-4-12-8-6-7-11(3)14(12)16(10-18-5-2)13(17)9-15;1-11(2)14(10(15)9(12)13)6-8(17-11)7-4-3-5-16-7;1-11(9,10)3-2-4(6)5(7)8/h1,8-9H,3-7H2;6-8H,4-5,9-10H2,1-3H3;3-5,8-9H,6H2,1-2H3;4H,2-3,6H2,1H3,(H,7,8)(H,9,10). The Labute approximate surface area is 421 Å². The fraction of sp³-hybridized carbons (Fsp3) is 0.489. The molecule has 4 N–H and O–H groups in total. The zero-order chi connectivity index (χ0) is 50.9. The Hall–Kier alpha value is -4.05. The number of fused-ring (bicyclic) bond motifs is 1. The number of furan rings is 1. The summed E-state index contributed by atoms with van der Waals surface area (Å²) in [5.74, 6) is 2.54. The first-order valence-electron chi connectivity index (χ1n) is 21.4. The minimum Gasteiger partial charge on any atom is -0.480 e. The maximum absolute atomic E-state index is 12.5. The number of rotatable bonds is 15. The molecular formula is C45H58Cl5N6O11P. The first-order valence-corrected chi connectivity index (χ1v) is 25.8. The number of hydrogen-bond acceptors (Lipinski definition) is 11. The lowest BCUT2D eigenvalue weighted by Gasteiger charge is -2.29. The minimum absolute atomic E-state index is 0.0371. The average molecular weight is 1070 g/mol. The number of nitrogens with zero attached hydrogens (tertiary/aromatic N) is 5. The number of carboxylic acids is 1. The van der Waals surface area contributed by atoms with Crippen molar-refractivity contribution in [2.45, 2.75) is 96.0 Å². The third-order valence-corrected chi connectivity index (χ3v) is 12.5. The van der Waals surface area contributed by atoms with Gasteiger partial charge in [-0.25, -0.2) is 4.79 Å². The van der Waals surface area contributed by atoms with Crippen LogP contribution in [0.1, 0.15) is 75.8 Å². The molecule has 2 aromatic heterocycles. The Bertz CT molecular complexity index is 2450. The number of benzene rings is 2. The maximum atomic E-state index is 12.5. The molecule has 0 radical (unpaired) electrons. The number of amides is 2. The van der Waals surface area contributed by atoms with Crippen molar-refractivity contribution >= 4 is 88.8 Å². The molecule has 3 atom stereocenters. The number of hydrogen-bond donors (Lipinski definition) is 3. The van der Waals surface area contributed by atoms with Gasteiger partial charge in [0.2, 0.25) is 5.91 Å². The second kappa shape index (κ2) is 27.4. The van der Waals surface area contributed by atoms with Gasteiger partial charge in [-0.2, -0.15) is 4.68 Å². The Balaban J connectivity index is 0.000000247. The van der Waals surface area contributed by atoms with Crippen LogP contribution in [-0.2, 0) is 47.8 Å². The molecule has 23 heteroatoms. The number of carbonyl (C=O) groups is 3. The van der Waals surface area contributed by atoms with Crippen LogP contribution in [0.2, 0.25) is 10.0 Å². The Kier molecular flexibility index (Phi) is 23.5. The number of terminal acetylenes is 1. The predicted octanol–water partition coefficient (Wildman–Crippen LogP) is 8.22. The zero-order valence-electron chi connectivity index (χ0n) is 38.6. The Morgan fingerprint density at radius 1 is 1.13 bits per heavy atom. The van der Waals surface area contributed by atoms with E-state index in [1.807, 2.05) is 38.1 Å². The van der Waals surface area contributed by atoms with E-state index >= 15 is 0 Å². The summed E-state index contributed by atoms with van der Waals surface area (Å²) in [5, 5.41) is 13.3. The smallest absolute Gasteiger partial charge is 0.350 e. The van der Waals surface area contributed by atoms with Crippen molar-refractivity contribution in [3.63, 3.8) is 0 Å². The third-order valence-electron chi connectivity index (χ3n) is 10.2. The zero-order valence-corrected chi connectivity index (χ0v) is 43.3. The summed E-state index contributed by atoms with van der Waals surface area (Å²) in [5.41, 5.74) is 7.71. The molecule has 2 aliphatic rings. The number of aliphatic carboxylic acids is 1. The van der Waals surface area contributed by atoms with Crippen LogP contribution in [0.3, 0.4) is 0 Å². The predicted molar refractivity (Wildman–Crippen MR) is 265 cm³/mol. The summed E-state index contributed by atoms with van der Waals surface area (Å²) in [4.78, 5) is 57.2. The van der Waals surface area contributed by atoms with Gasteiger partial charge in [-0.1, -0.05) is 77.4 Å². The molecule has 374 valence electrons. The lowest BCUT2D eigenvalue weighted by atomic mass is 10.0. The van der Waals surface area contributed by atoms with Gasteiger partial charge >= 0.3 is 11.7 Å². The number of aryl methyl sites for hydroxylation is 3. The lowest BCUT2D eigenvalue weighted by molar-refractivity contribution is -0.144. The topological polar surface area (TPSA) is 222 Å². The normalized spacial score (nSPS) is 16.0. The molecular weight excluding hydrogens is 1010 g/mol. The molecule has 2 aliphatic heterocycles. The number of ether oxygens (including phenoxy) is 3. The molecule has 1 fully saturated rings. The van der Waals surface area contributed by atoms with Gasteiger partial charge in [0.15, 0.2) is 12.2 Å². The molecule has 2 aromatic carbocycles. The van der Waals surface area contributed by atoms with E-state index in [9.17, 15) is 23.7 Å². The van der Waals surface area contributed by atoms with E-state index < -0.39 is 29.9 Å². The van der Waals surface area contributed by atoms with Gasteiger partial charge < -0.3 is 39.3 Å². The number of carboxylic acid groups (broad SMARTS) is 1. The van der Waals surface area contributed by atoms with Crippen molar-refractivity contribution in [2.24, 2.45) is 5.73 Å². The van der Waals surface area contributed by atoms with Crippen molar-refractivity contribution in [2.75, 3.05) is 50.1 Å². The summed E-state index contributed by atoms with van der Waals surface area (Å²) in [7, 11) is -3.10. The van der Waals surface area contributed by atoms with Crippen LogP contribution in [0.4, 0.5) is 5.69 Å². The van der Waals surface area contributed by atoms with Gasteiger partial charge in [0.25, 0.3) is 5.91 Å². The maximum Gasteiger partial charge on any atom is 0.350 e. The molecule has 2 amide bonds. The Morgan fingerprint density at radius 3 is 2.40 bits per heavy atom. The first-order chi connectivity index (χ1) is 32.0. The monoisotopic (exact) mass is 1060 g/mol. The van der Waals surface area contributed by atoms with E-state index in [-0.39, 0.29) is 55.4 Å².